The first-order chi connectivity index (χ1) is 16.1. The van der Waals surface area contributed by atoms with Crippen LogP contribution < -0.4 is 11.1 Å². The number of amides is 1. The van der Waals surface area contributed by atoms with E-state index in [1.807, 2.05) is 0 Å². The zero-order valence-corrected chi connectivity index (χ0v) is 21.7. The molecular formula is C28H50N2O4. The molecule has 6 heteroatoms. The van der Waals surface area contributed by atoms with Gasteiger partial charge in [-0.05, 0) is 117 Å². The lowest BCUT2D eigenvalue weighted by atomic mass is 9.43. The van der Waals surface area contributed by atoms with Gasteiger partial charge in [0.05, 0.1) is 18.3 Å². The van der Waals surface area contributed by atoms with Gasteiger partial charge < -0.3 is 26.4 Å². The van der Waals surface area contributed by atoms with Crippen LogP contribution in [0.3, 0.4) is 0 Å². The second-order valence-corrected chi connectivity index (χ2v) is 12.9. The highest BCUT2D eigenvalue weighted by Crippen LogP contribution is 2.68. The molecule has 6 unspecified atom stereocenters. The van der Waals surface area contributed by atoms with Crippen LogP contribution in [0.1, 0.15) is 91.4 Å². The van der Waals surface area contributed by atoms with Gasteiger partial charge in [0.2, 0.25) is 5.91 Å². The van der Waals surface area contributed by atoms with Crippen molar-refractivity contribution in [2.75, 3.05) is 13.1 Å². The van der Waals surface area contributed by atoms with Crippen LogP contribution in [0.5, 0.6) is 0 Å². The third kappa shape index (κ3) is 4.57. The van der Waals surface area contributed by atoms with E-state index >= 15 is 0 Å². The normalized spacial score (nSPS) is 46.8. The van der Waals surface area contributed by atoms with Crippen molar-refractivity contribution in [1.82, 2.24) is 5.32 Å². The molecule has 6 N–H and O–H groups in total. The smallest absolute Gasteiger partial charge is 0.220 e. The number of aliphatic hydroxyl groups excluding tert-OH is 3. The van der Waals surface area contributed by atoms with Crippen LogP contribution in [-0.2, 0) is 4.79 Å². The summed E-state index contributed by atoms with van der Waals surface area (Å²) in [6, 6.07) is 0. The largest absolute Gasteiger partial charge is 0.393 e. The van der Waals surface area contributed by atoms with Gasteiger partial charge in [-0.3, -0.25) is 4.79 Å². The molecule has 4 rings (SSSR count). The molecule has 0 aromatic carbocycles. The summed E-state index contributed by atoms with van der Waals surface area (Å²) in [6.07, 6.45) is 8.64. The molecule has 0 heterocycles. The quantitative estimate of drug-likeness (QED) is 0.344. The molecular weight excluding hydrogens is 428 g/mol. The molecule has 4 aliphatic rings. The monoisotopic (exact) mass is 478 g/mol. The third-order valence-electron chi connectivity index (χ3n) is 11.3. The molecule has 11 atom stereocenters. The molecule has 4 aliphatic carbocycles. The van der Waals surface area contributed by atoms with Gasteiger partial charge in [-0.1, -0.05) is 20.8 Å². The van der Waals surface area contributed by atoms with Crippen LogP contribution in [0.15, 0.2) is 0 Å². The van der Waals surface area contributed by atoms with Crippen molar-refractivity contribution in [1.29, 1.82) is 0 Å². The number of fused-ring (bicyclic) bond motifs is 5. The molecule has 0 aromatic heterocycles. The Balaban J connectivity index is 1.43. The van der Waals surface area contributed by atoms with E-state index < -0.39 is 0 Å². The lowest BCUT2D eigenvalue weighted by molar-refractivity contribution is -0.207. The summed E-state index contributed by atoms with van der Waals surface area (Å²) in [6.45, 7) is 8.28. The Hall–Kier alpha value is -0.690. The maximum atomic E-state index is 12.3. The number of carbonyl (C=O) groups is 1. The van der Waals surface area contributed by atoms with Gasteiger partial charge in [0, 0.05) is 13.0 Å². The minimum atomic E-state index is -0.367. The Labute approximate surface area is 206 Å². The zero-order chi connectivity index (χ0) is 24.7. The number of unbranched alkanes of at least 4 members (excludes halogenated alkanes) is 1. The maximum Gasteiger partial charge on any atom is 0.220 e. The predicted molar refractivity (Wildman–Crippen MR) is 134 cm³/mol. The molecule has 0 aliphatic heterocycles. The summed E-state index contributed by atoms with van der Waals surface area (Å²) in [4.78, 5) is 12.3. The van der Waals surface area contributed by atoms with Crippen molar-refractivity contribution in [2.45, 2.75) is 110 Å². The Bertz CT molecular complexity index is 719. The number of hydrogen-bond donors (Lipinski definition) is 5. The first kappa shape index (κ1) is 26.4. The van der Waals surface area contributed by atoms with E-state index in [-0.39, 0.29) is 41.0 Å². The molecule has 1 amide bonds. The average molecular weight is 479 g/mol. The number of rotatable bonds is 8. The highest BCUT2D eigenvalue weighted by Gasteiger charge is 2.65. The van der Waals surface area contributed by atoms with E-state index in [1.54, 1.807) is 0 Å². The SMILES string of the molecule is CC(CCC(=O)NCCCCN)C1CC[C@H]2[C@@H]3C(CC(O)C12C)C1(C)CC[C@@H](O)C[C@@H]1C[C@@H]3O. The molecule has 0 saturated heterocycles. The zero-order valence-electron chi connectivity index (χ0n) is 21.7. The molecule has 0 bridgehead atoms. The van der Waals surface area contributed by atoms with Gasteiger partial charge in [-0.15, -0.1) is 0 Å². The summed E-state index contributed by atoms with van der Waals surface area (Å²) < 4.78 is 0. The van der Waals surface area contributed by atoms with Crippen LogP contribution in [0, 0.1) is 46.3 Å². The summed E-state index contributed by atoms with van der Waals surface area (Å²) in [5.74, 6) is 2.12. The van der Waals surface area contributed by atoms with Gasteiger partial charge >= 0.3 is 0 Å². The van der Waals surface area contributed by atoms with Crippen molar-refractivity contribution < 1.29 is 20.1 Å². The predicted octanol–water partition coefficient (Wildman–Crippen LogP) is 3.22. The van der Waals surface area contributed by atoms with Crippen LogP contribution in [0.2, 0.25) is 0 Å². The van der Waals surface area contributed by atoms with E-state index in [0.29, 0.717) is 49.1 Å². The molecule has 4 saturated carbocycles. The second-order valence-electron chi connectivity index (χ2n) is 12.9. The van der Waals surface area contributed by atoms with E-state index in [0.717, 1.165) is 64.2 Å². The summed E-state index contributed by atoms with van der Waals surface area (Å²) in [5, 5.41) is 36.4. The average Bonchev–Trinajstić information content (AvgIpc) is 3.15. The van der Waals surface area contributed by atoms with Gasteiger partial charge in [-0.2, -0.15) is 0 Å². The highest BCUT2D eigenvalue weighted by atomic mass is 16.3. The highest BCUT2D eigenvalue weighted by molar-refractivity contribution is 5.75. The lowest BCUT2D eigenvalue weighted by Gasteiger charge is -2.63. The van der Waals surface area contributed by atoms with Crippen LogP contribution in [0.25, 0.3) is 0 Å². The van der Waals surface area contributed by atoms with Crippen LogP contribution >= 0.6 is 0 Å². The number of carbonyl (C=O) groups excluding carboxylic acids is 1. The van der Waals surface area contributed by atoms with Gasteiger partial charge in [0.15, 0.2) is 0 Å². The molecule has 34 heavy (non-hydrogen) atoms. The van der Waals surface area contributed by atoms with Crippen LogP contribution in [0.4, 0.5) is 0 Å². The summed E-state index contributed by atoms with van der Waals surface area (Å²) in [5.41, 5.74) is 5.44. The Morgan fingerprint density at radius 1 is 1.06 bits per heavy atom. The fourth-order valence-electron chi connectivity index (χ4n) is 9.28. The number of nitrogens with one attached hydrogen (secondary N) is 1. The van der Waals surface area contributed by atoms with E-state index in [4.69, 9.17) is 5.73 Å². The summed E-state index contributed by atoms with van der Waals surface area (Å²) in [7, 11) is 0. The minimum absolute atomic E-state index is 0.108. The van der Waals surface area contributed by atoms with Crippen molar-refractivity contribution in [3.63, 3.8) is 0 Å². The number of nitrogens with two attached hydrogens (primary N) is 1. The van der Waals surface area contributed by atoms with E-state index in [1.165, 1.54) is 0 Å². The number of aliphatic hydroxyl groups is 3. The number of hydrogen-bond acceptors (Lipinski definition) is 5. The Kier molecular flexibility index (Phi) is 8.03. The third-order valence-corrected chi connectivity index (χ3v) is 11.3. The first-order valence-electron chi connectivity index (χ1n) is 14.1. The van der Waals surface area contributed by atoms with Crippen molar-refractivity contribution in [3.8, 4) is 0 Å². The standard InChI is InChI=1S/C28H50N2O4/c1-17(6-9-25(34)30-13-5-4-12-29)20-7-8-21-26-22(16-24(33)28(20,21)3)27(2)11-10-19(31)14-18(27)15-23(26)32/h17-24,26,31-33H,4-16,29H2,1-3H3,(H,30,34)/t17?,18-,19-,20?,21+,22?,23+,24?,26-,27?,28?/m1/s1. The van der Waals surface area contributed by atoms with Gasteiger partial charge in [0.25, 0.3) is 0 Å². The van der Waals surface area contributed by atoms with E-state index in [9.17, 15) is 20.1 Å². The fourth-order valence-corrected chi connectivity index (χ4v) is 9.28. The Morgan fingerprint density at radius 2 is 1.82 bits per heavy atom. The van der Waals surface area contributed by atoms with E-state index in [2.05, 4.69) is 26.1 Å². The van der Waals surface area contributed by atoms with Gasteiger partial charge in [-0.25, -0.2) is 0 Å². The molecule has 6 nitrogen and oxygen atoms in total. The maximum absolute atomic E-state index is 12.3. The first-order valence-corrected chi connectivity index (χ1v) is 14.1. The second kappa shape index (κ2) is 10.4. The molecule has 0 aromatic rings. The van der Waals surface area contributed by atoms with Crippen molar-refractivity contribution in [2.24, 2.45) is 52.1 Å². The molecule has 0 spiro atoms. The molecule has 4 fully saturated rings. The Morgan fingerprint density at radius 3 is 2.56 bits per heavy atom. The van der Waals surface area contributed by atoms with Crippen molar-refractivity contribution in [3.05, 3.63) is 0 Å². The topological polar surface area (TPSA) is 116 Å². The summed E-state index contributed by atoms with van der Waals surface area (Å²) >= 11 is 0. The van der Waals surface area contributed by atoms with Crippen LogP contribution in [-0.4, -0.2) is 52.6 Å². The van der Waals surface area contributed by atoms with Gasteiger partial charge in [0.1, 0.15) is 0 Å². The molecule has 196 valence electrons. The van der Waals surface area contributed by atoms with Crippen molar-refractivity contribution >= 4 is 5.91 Å². The molecule has 0 radical (unpaired) electrons. The lowest BCUT2D eigenvalue weighted by Crippen LogP contribution is -2.62. The fraction of sp³-hybridized carbons (Fsp3) is 0.964. The minimum Gasteiger partial charge on any atom is -0.393 e.